The Morgan fingerprint density at radius 1 is 1.05 bits per heavy atom. The second kappa shape index (κ2) is 5.14. The highest BCUT2D eigenvalue weighted by atomic mass is 32.1. The number of rotatable bonds is 3. The molecule has 0 bridgehead atoms. The van der Waals surface area contributed by atoms with Crippen molar-refractivity contribution in [1.82, 2.24) is 25.6 Å². The van der Waals surface area contributed by atoms with Gasteiger partial charge in [0.1, 0.15) is 5.01 Å². The van der Waals surface area contributed by atoms with E-state index in [4.69, 9.17) is 0 Å². The fourth-order valence-corrected chi connectivity index (χ4v) is 4.86. The number of hydrogen-bond acceptors (Lipinski definition) is 7. The zero-order valence-electron chi connectivity index (χ0n) is 10.9. The minimum Gasteiger partial charge on any atom is -0.240 e. The minimum absolute atomic E-state index is 0.603. The van der Waals surface area contributed by atoms with Gasteiger partial charge in [-0.3, -0.25) is 0 Å². The van der Waals surface area contributed by atoms with Crippen molar-refractivity contribution in [2.45, 2.75) is 6.92 Å². The van der Waals surface area contributed by atoms with Crippen molar-refractivity contribution in [2.75, 3.05) is 0 Å². The van der Waals surface area contributed by atoms with Crippen LogP contribution in [0, 0.1) is 6.92 Å². The molecule has 0 aliphatic rings. The number of thiazole rings is 1. The number of nitrogens with one attached hydrogen (secondary N) is 1. The lowest BCUT2D eigenvalue weighted by molar-refractivity contribution is 0.881. The molecule has 0 amide bonds. The maximum atomic E-state index is 4.64. The number of thiophene rings is 2. The molecule has 4 rings (SSSR count). The quantitative estimate of drug-likeness (QED) is 0.614. The Kier molecular flexibility index (Phi) is 3.13. The van der Waals surface area contributed by atoms with Crippen LogP contribution in [0.15, 0.2) is 29.6 Å². The summed E-state index contributed by atoms with van der Waals surface area (Å²) < 4.78 is 0. The third-order valence-corrected chi connectivity index (χ3v) is 6.40. The van der Waals surface area contributed by atoms with Crippen LogP contribution in [0.2, 0.25) is 0 Å². The van der Waals surface area contributed by atoms with E-state index < -0.39 is 0 Å². The van der Waals surface area contributed by atoms with Crippen LogP contribution in [0.4, 0.5) is 0 Å². The molecule has 0 aliphatic heterocycles. The molecule has 104 valence electrons. The highest BCUT2D eigenvalue weighted by molar-refractivity contribution is 7.26. The monoisotopic (exact) mass is 331 g/mol. The van der Waals surface area contributed by atoms with Gasteiger partial charge in [-0.1, -0.05) is 6.07 Å². The van der Waals surface area contributed by atoms with Crippen LogP contribution in [-0.4, -0.2) is 25.6 Å². The first-order valence-corrected chi connectivity index (χ1v) is 8.68. The summed E-state index contributed by atoms with van der Waals surface area (Å²) in [6.07, 6.45) is 0. The Bertz CT molecular complexity index is 858. The second-order valence-electron chi connectivity index (χ2n) is 4.31. The molecule has 0 spiro atoms. The van der Waals surface area contributed by atoms with Crippen molar-refractivity contribution in [3.8, 4) is 30.3 Å². The van der Waals surface area contributed by atoms with Crippen molar-refractivity contribution in [1.29, 1.82) is 0 Å². The molecule has 4 heterocycles. The minimum atomic E-state index is 0.603. The molecule has 0 aliphatic carbocycles. The van der Waals surface area contributed by atoms with Crippen molar-refractivity contribution in [3.63, 3.8) is 0 Å². The average molecular weight is 331 g/mol. The first-order chi connectivity index (χ1) is 10.3. The van der Waals surface area contributed by atoms with Crippen molar-refractivity contribution in [3.05, 3.63) is 35.3 Å². The molecule has 5 nitrogen and oxygen atoms in total. The summed E-state index contributed by atoms with van der Waals surface area (Å²) in [6.45, 7) is 1.97. The van der Waals surface area contributed by atoms with Crippen LogP contribution in [0.1, 0.15) is 5.69 Å². The van der Waals surface area contributed by atoms with E-state index in [1.165, 1.54) is 14.6 Å². The van der Waals surface area contributed by atoms with Crippen LogP contribution in [0.25, 0.3) is 30.3 Å². The van der Waals surface area contributed by atoms with Gasteiger partial charge in [0.25, 0.3) is 0 Å². The predicted molar refractivity (Wildman–Crippen MR) is 86.6 cm³/mol. The lowest BCUT2D eigenvalue weighted by Gasteiger charge is -1.89. The fourth-order valence-electron chi connectivity index (χ4n) is 1.97. The number of H-pyrrole nitrogens is 1. The summed E-state index contributed by atoms with van der Waals surface area (Å²) in [5.74, 6) is 0.603. The zero-order chi connectivity index (χ0) is 14.2. The Labute approximate surface area is 132 Å². The molecule has 0 unspecified atom stereocenters. The van der Waals surface area contributed by atoms with Crippen molar-refractivity contribution >= 4 is 34.0 Å². The van der Waals surface area contributed by atoms with Gasteiger partial charge in [-0.2, -0.15) is 5.21 Å². The SMILES string of the molecule is Cc1nc(-c2ccc(-c3cccs3)s2)sc1-c1nn[nH]n1. The lowest BCUT2D eigenvalue weighted by atomic mass is 10.3. The summed E-state index contributed by atoms with van der Waals surface area (Å²) in [4.78, 5) is 9.33. The third kappa shape index (κ3) is 2.31. The summed E-state index contributed by atoms with van der Waals surface area (Å²) in [7, 11) is 0. The highest BCUT2D eigenvalue weighted by Crippen LogP contribution is 2.40. The third-order valence-electron chi connectivity index (χ3n) is 2.93. The van der Waals surface area contributed by atoms with Crippen molar-refractivity contribution < 1.29 is 0 Å². The maximum absolute atomic E-state index is 4.64. The van der Waals surface area contributed by atoms with Gasteiger partial charge in [-0.15, -0.1) is 44.2 Å². The van der Waals surface area contributed by atoms with E-state index in [9.17, 15) is 0 Å². The van der Waals surface area contributed by atoms with Gasteiger partial charge >= 0.3 is 0 Å². The summed E-state index contributed by atoms with van der Waals surface area (Å²) in [5, 5.41) is 17.2. The van der Waals surface area contributed by atoms with E-state index in [2.05, 4.69) is 55.3 Å². The molecule has 0 aromatic carbocycles. The van der Waals surface area contributed by atoms with Crippen LogP contribution >= 0.6 is 34.0 Å². The molecule has 0 saturated heterocycles. The predicted octanol–water partition coefficient (Wildman–Crippen LogP) is 4.09. The van der Waals surface area contributed by atoms with Crippen LogP contribution in [0.3, 0.4) is 0 Å². The number of aryl methyl sites for hydroxylation is 1. The van der Waals surface area contributed by atoms with Gasteiger partial charge in [0.05, 0.1) is 15.4 Å². The van der Waals surface area contributed by atoms with Gasteiger partial charge in [0, 0.05) is 9.75 Å². The second-order valence-corrected chi connectivity index (χ2v) is 7.34. The Balaban J connectivity index is 1.73. The molecule has 1 N–H and O–H groups in total. The van der Waals surface area contributed by atoms with Crippen LogP contribution in [-0.2, 0) is 0 Å². The molecular formula is C13H9N5S3. The van der Waals surface area contributed by atoms with Crippen LogP contribution < -0.4 is 0 Å². The van der Waals surface area contributed by atoms with Crippen LogP contribution in [0.5, 0.6) is 0 Å². The first kappa shape index (κ1) is 12.8. The summed E-state index contributed by atoms with van der Waals surface area (Å²) in [5.41, 5.74) is 0.933. The zero-order valence-corrected chi connectivity index (χ0v) is 13.3. The molecule has 0 saturated carbocycles. The number of aromatic nitrogens is 5. The van der Waals surface area contributed by atoms with E-state index in [-0.39, 0.29) is 0 Å². The van der Waals surface area contributed by atoms with E-state index in [1.807, 2.05) is 6.92 Å². The molecule has 0 radical (unpaired) electrons. The van der Waals surface area contributed by atoms with E-state index in [0.29, 0.717) is 5.82 Å². The number of hydrogen-bond donors (Lipinski definition) is 1. The number of nitrogens with zero attached hydrogens (tertiary/aromatic N) is 4. The average Bonchev–Trinajstić information content (AvgIpc) is 3.26. The maximum Gasteiger partial charge on any atom is 0.216 e. The van der Waals surface area contributed by atoms with Gasteiger partial charge in [-0.05, 0) is 35.7 Å². The summed E-state index contributed by atoms with van der Waals surface area (Å²) in [6, 6.07) is 8.48. The van der Waals surface area contributed by atoms with E-state index >= 15 is 0 Å². The molecule has 8 heteroatoms. The topological polar surface area (TPSA) is 67.3 Å². The molecule has 4 aromatic rings. The molecule has 4 aromatic heterocycles. The van der Waals surface area contributed by atoms with E-state index in [1.54, 1.807) is 34.0 Å². The molecule has 0 atom stereocenters. The van der Waals surface area contributed by atoms with Gasteiger partial charge in [0.15, 0.2) is 0 Å². The van der Waals surface area contributed by atoms with E-state index in [0.717, 1.165) is 15.6 Å². The number of aromatic amines is 1. The Morgan fingerprint density at radius 2 is 1.95 bits per heavy atom. The van der Waals surface area contributed by atoms with Gasteiger partial charge in [-0.25, -0.2) is 4.98 Å². The molecule has 0 fully saturated rings. The fraction of sp³-hybridized carbons (Fsp3) is 0.0769. The smallest absolute Gasteiger partial charge is 0.216 e. The Morgan fingerprint density at radius 3 is 2.71 bits per heavy atom. The molecule has 21 heavy (non-hydrogen) atoms. The number of tetrazole rings is 1. The van der Waals surface area contributed by atoms with Gasteiger partial charge in [0.2, 0.25) is 5.82 Å². The highest BCUT2D eigenvalue weighted by Gasteiger charge is 2.16. The first-order valence-electron chi connectivity index (χ1n) is 6.16. The normalized spacial score (nSPS) is 11.1. The largest absolute Gasteiger partial charge is 0.240 e. The Hall–Kier alpha value is -1.90. The molecular weight excluding hydrogens is 322 g/mol. The van der Waals surface area contributed by atoms with Gasteiger partial charge < -0.3 is 0 Å². The van der Waals surface area contributed by atoms with Crippen molar-refractivity contribution in [2.24, 2.45) is 0 Å². The standard InChI is InChI=1S/C13H9N5S3/c1-7-11(12-15-17-18-16-12)21-13(14-7)10-5-4-9(20-10)8-3-2-6-19-8/h2-6H,1H3,(H,15,16,17,18). The summed E-state index contributed by atoms with van der Waals surface area (Å²) >= 11 is 5.11. The lowest BCUT2D eigenvalue weighted by Crippen LogP contribution is -1.80.